The van der Waals surface area contributed by atoms with Crippen LogP contribution in [0.3, 0.4) is 0 Å². The van der Waals surface area contributed by atoms with Gasteiger partial charge in [-0.25, -0.2) is 4.98 Å². The van der Waals surface area contributed by atoms with E-state index in [0.717, 1.165) is 16.9 Å². The van der Waals surface area contributed by atoms with Crippen molar-refractivity contribution in [3.8, 4) is 0 Å². The Morgan fingerprint density at radius 2 is 2.07 bits per heavy atom. The van der Waals surface area contributed by atoms with Crippen molar-refractivity contribution in [1.29, 1.82) is 0 Å². The van der Waals surface area contributed by atoms with Crippen molar-refractivity contribution in [3.63, 3.8) is 0 Å². The van der Waals surface area contributed by atoms with E-state index >= 15 is 0 Å². The number of anilines is 1. The highest BCUT2D eigenvalue weighted by molar-refractivity contribution is 6.36. The molecule has 1 aromatic heterocycles. The van der Waals surface area contributed by atoms with E-state index in [4.69, 9.17) is 23.2 Å². The molecule has 8 heteroatoms. The van der Waals surface area contributed by atoms with Crippen LogP contribution in [-0.4, -0.2) is 34.9 Å². The second kappa shape index (κ2) is 7.81. The lowest BCUT2D eigenvalue weighted by Gasteiger charge is -2.18. The molecule has 0 saturated carbocycles. The molecule has 3 aromatic rings. The van der Waals surface area contributed by atoms with E-state index in [2.05, 4.69) is 15.3 Å². The van der Waals surface area contributed by atoms with Gasteiger partial charge in [0.2, 0.25) is 11.8 Å². The number of H-pyrrole nitrogens is 1. The van der Waals surface area contributed by atoms with Crippen LogP contribution in [0.25, 0.3) is 11.0 Å². The van der Waals surface area contributed by atoms with Gasteiger partial charge in [-0.05, 0) is 36.8 Å². The summed E-state index contributed by atoms with van der Waals surface area (Å²) in [6.07, 6.45) is 1.00. The SMILES string of the molecule is O=C(NCCc1nc2ccccc2[nH]1)C1CCN(c2cc(Cl)ccc2Cl)C1=O. The molecule has 1 unspecified atom stereocenters. The number of fused-ring (bicyclic) bond motifs is 1. The van der Waals surface area contributed by atoms with E-state index in [-0.39, 0.29) is 11.8 Å². The van der Waals surface area contributed by atoms with Gasteiger partial charge in [0.15, 0.2) is 0 Å². The van der Waals surface area contributed by atoms with Crippen molar-refractivity contribution >= 4 is 51.7 Å². The highest BCUT2D eigenvalue weighted by Crippen LogP contribution is 2.33. The molecule has 1 aliphatic rings. The molecule has 28 heavy (non-hydrogen) atoms. The fourth-order valence-electron chi connectivity index (χ4n) is 3.41. The molecule has 0 aliphatic carbocycles. The minimum atomic E-state index is -0.717. The molecule has 0 radical (unpaired) electrons. The maximum atomic E-state index is 12.7. The van der Waals surface area contributed by atoms with Gasteiger partial charge < -0.3 is 15.2 Å². The first-order valence-corrected chi connectivity index (χ1v) is 9.76. The number of imidazole rings is 1. The number of rotatable bonds is 5. The van der Waals surface area contributed by atoms with Gasteiger partial charge in [0.25, 0.3) is 0 Å². The Hall–Kier alpha value is -2.57. The molecule has 0 spiro atoms. The predicted molar refractivity (Wildman–Crippen MR) is 110 cm³/mol. The molecule has 4 rings (SSSR count). The number of nitrogens with zero attached hydrogens (tertiary/aromatic N) is 2. The minimum absolute atomic E-state index is 0.259. The van der Waals surface area contributed by atoms with Crippen molar-refractivity contribution in [2.45, 2.75) is 12.8 Å². The summed E-state index contributed by atoms with van der Waals surface area (Å²) >= 11 is 12.2. The van der Waals surface area contributed by atoms with E-state index < -0.39 is 5.92 Å². The average Bonchev–Trinajstić information content (AvgIpc) is 3.26. The summed E-state index contributed by atoms with van der Waals surface area (Å²) in [5, 5.41) is 3.77. The highest BCUT2D eigenvalue weighted by Gasteiger charge is 2.38. The Balaban J connectivity index is 1.36. The molecular formula is C20H18Cl2N4O2. The standard InChI is InChI=1S/C20H18Cl2N4O2/c21-12-5-6-14(22)17(11-12)26-10-8-13(20(26)28)19(27)23-9-7-18-24-15-3-1-2-4-16(15)25-18/h1-6,11,13H,7-10H2,(H,23,27)(H,24,25). The lowest BCUT2D eigenvalue weighted by molar-refractivity contribution is -0.132. The third kappa shape index (κ3) is 3.70. The normalized spacial score (nSPS) is 16.7. The summed E-state index contributed by atoms with van der Waals surface area (Å²) in [4.78, 5) is 34.4. The first-order chi connectivity index (χ1) is 13.5. The van der Waals surface area contributed by atoms with Crippen LogP contribution in [0.1, 0.15) is 12.2 Å². The molecule has 1 atom stereocenters. The van der Waals surface area contributed by atoms with E-state index in [1.54, 1.807) is 18.2 Å². The summed E-state index contributed by atoms with van der Waals surface area (Å²) in [5.74, 6) is -0.454. The number of amides is 2. The minimum Gasteiger partial charge on any atom is -0.355 e. The Morgan fingerprint density at radius 1 is 1.25 bits per heavy atom. The van der Waals surface area contributed by atoms with Gasteiger partial charge in [0, 0.05) is 24.5 Å². The third-order valence-corrected chi connectivity index (χ3v) is 5.38. The van der Waals surface area contributed by atoms with Gasteiger partial charge in [-0.2, -0.15) is 0 Å². The zero-order valence-electron chi connectivity index (χ0n) is 14.9. The predicted octanol–water partition coefficient (Wildman–Crippen LogP) is 3.58. The average molecular weight is 417 g/mol. The molecule has 144 valence electrons. The maximum absolute atomic E-state index is 12.7. The van der Waals surface area contributed by atoms with Crippen molar-refractivity contribution < 1.29 is 9.59 Å². The topological polar surface area (TPSA) is 78.1 Å². The van der Waals surface area contributed by atoms with Crippen LogP contribution >= 0.6 is 23.2 Å². The number of halogens is 2. The summed E-state index contributed by atoms with van der Waals surface area (Å²) < 4.78 is 0. The van der Waals surface area contributed by atoms with Crippen LogP contribution in [-0.2, 0) is 16.0 Å². The van der Waals surface area contributed by atoms with Gasteiger partial charge in [-0.3, -0.25) is 9.59 Å². The third-order valence-electron chi connectivity index (χ3n) is 4.82. The lowest BCUT2D eigenvalue weighted by Crippen LogP contribution is -2.37. The molecule has 1 fully saturated rings. The van der Waals surface area contributed by atoms with E-state index in [1.807, 2.05) is 24.3 Å². The zero-order valence-corrected chi connectivity index (χ0v) is 16.4. The monoisotopic (exact) mass is 416 g/mol. The van der Waals surface area contributed by atoms with Crippen molar-refractivity contribution in [2.75, 3.05) is 18.0 Å². The number of para-hydroxylation sites is 2. The smallest absolute Gasteiger partial charge is 0.239 e. The largest absolute Gasteiger partial charge is 0.355 e. The Morgan fingerprint density at radius 3 is 2.89 bits per heavy atom. The molecular weight excluding hydrogens is 399 g/mol. The van der Waals surface area contributed by atoms with Crippen molar-refractivity contribution in [2.24, 2.45) is 5.92 Å². The molecule has 6 nitrogen and oxygen atoms in total. The van der Waals surface area contributed by atoms with E-state index in [9.17, 15) is 9.59 Å². The van der Waals surface area contributed by atoms with Crippen LogP contribution in [0.4, 0.5) is 5.69 Å². The van der Waals surface area contributed by atoms with Crippen LogP contribution in [0, 0.1) is 5.92 Å². The number of hydrogen-bond acceptors (Lipinski definition) is 3. The molecule has 1 aliphatic heterocycles. The fourth-order valence-corrected chi connectivity index (χ4v) is 3.79. The molecule has 0 bridgehead atoms. The van der Waals surface area contributed by atoms with Gasteiger partial charge in [0.1, 0.15) is 11.7 Å². The summed E-state index contributed by atoms with van der Waals surface area (Å²) in [7, 11) is 0. The Kier molecular flexibility index (Phi) is 5.24. The number of carbonyl (C=O) groups excluding carboxylic acids is 2. The number of hydrogen-bond donors (Lipinski definition) is 2. The van der Waals surface area contributed by atoms with Crippen LogP contribution < -0.4 is 10.2 Å². The molecule has 2 heterocycles. The van der Waals surface area contributed by atoms with Crippen LogP contribution in [0.15, 0.2) is 42.5 Å². The van der Waals surface area contributed by atoms with Crippen molar-refractivity contribution in [1.82, 2.24) is 15.3 Å². The first-order valence-electron chi connectivity index (χ1n) is 9.00. The Labute approximate surface area is 171 Å². The van der Waals surface area contributed by atoms with Gasteiger partial charge >= 0.3 is 0 Å². The van der Waals surface area contributed by atoms with Gasteiger partial charge in [-0.15, -0.1) is 0 Å². The van der Waals surface area contributed by atoms with E-state index in [0.29, 0.717) is 41.7 Å². The molecule has 2 aromatic carbocycles. The summed E-state index contributed by atoms with van der Waals surface area (Å²) in [5.41, 5.74) is 2.39. The van der Waals surface area contributed by atoms with Crippen molar-refractivity contribution in [3.05, 3.63) is 58.3 Å². The van der Waals surface area contributed by atoms with E-state index in [1.165, 1.54) is 4.90 Å². The van der Waals surface area contributed by atoms with Gasteiger partial charge in [-0.1, -0.05) is 35.3 Å². The number of aromatic amines is 1. The number of carbonyl (C=O) groups is 2. The summed E-state index contributed by atoms with van der Waals surface area (Å²) in [6, 6.07) is 12.7. The molecule has 2 N–H and O–H groups in total. The Bertz CT molecular complexity index is 1020. The quantitative estimate of drug-likeness (QED) is 0.623. The fraction of sp³-hybridized carbons (Fsp3) is 0.250. The van der Waals surface area contributed by atoms with Gasteiger partial charge in [0.05, 0.1) is 21.7 Å². The lowest BCUT2D eigenvalue weighted by atomic mass is 10.1. The highest BCUT2D eigenvalue weighted by atomic mass is 35.5. The van der Waals surface area contributed by atoms with Crippen LogP contribution in [0.5, 0.6) is 0 Å². The second-order valence-corrected chi connectivity index (χ2v) is 7.51. The number of nitrogens with one attached hydrogen (secondary N) is 2. The molecule has 2 amide bonds. The number of benzene rings is 2. The summed E-state index contributed by atoms with van der Waals surface area (Å²) in [6.45, 7) is 0.834. The van der Waals surface area contributed by atoms with Crippen LogP contribution in [0.2, 0.25) is 10.0 Å². The first kappa shape index (κ1) is 18.8. The second-order valence-electron chi connectivity index (χ2n) is 6.67. The molecule has 1 saturated heterocycles. The zero-order chi connectivity index (χ0) is 19.7. The number of aromatic nitrogens is 2. The maximum Gasteiger partial charge on any atom is 0.239 e.